The van der Waals surface area contributed by atoms with Crippen LogP contribution >= 0.6 is 0 Å². The van der Waals surface area contributed by atoms with Crippen molar-refractivity contribution in [2.75, 3.05) is 19.6 Å². The number of hydrogen-bond acceptors (Lipinski definition) is 4. The van der Waals surface area contributed by atoms with E-state index in [1.165, 1.54) is 0 Å². The van der Waals surface area contributed by atoms with Crippen LogP contribution in [-0.2, 0) is 9.59 Å². The van der Waals surface area contributed by atoms with Crippen LogP contribution in [-0.4, -0.2) is 47.6 Å². The van der Waals surface area contributed by atoms with Gasteiger partial charge in [-0.1, -0.05) is 30.3 Å². The first kappa shape index (κ1) is 15.7. The van der Waals surface area contributed by atoms with Crippen molar-refractivity contribution in [3.63, 3.8) is 0 Å². The van der Waals surface area contributed by atoms with Crippen molar-refractivity contribution in [3.8, 4) is 0 Å². The summed E-state index contributed by atoms with van der Waals surface area (Å²) in [5, 5.41) is 5.85. The van der Waals surface area contributed by atoms with E-state index in [2.05, 4.69) is 10.0 Å². The normalized spacial score (nSPS) is 22.4. The summed E-state index contributed by atoms with van der Waals surface area (Å²) in [7, 11) is 0. The molecule has 0 spiro atoms. The number of nitrogens with zero attached hydrogens (tertiary/aromatic N) is 3. The highest BCUT2D eigenvalue weighted by Crippen LogP contribution is 2.28. The SMILES string of the molecule is NC(=O)C1CCN(CC(=O)N2N=CC[C@H]2c2ccccc2)CC1. The van der Waals surface area contributed by atoms with Crippen LogP contribution in [0.15, 0.2) is 35.4 Å². The smallest absolute Gasteiger partial charge is 0.257 e. The number of primary amides is 1. The lowest BCUT2D eigenvalue weighted by Crippen LogP contribution is -2.43. The first-order chi connectivity index (χ1) is 11.1. The highest BCUT2D eigenvalue weighted by molar-refractivity contribution is 5.81. The molecule has 0 saturated carbocycles. The van der Waals surface area contributed by atoms with Gasteiger partial charge in [0.2, 0.25) is 5.91 Å². The van der Waals surface area contributed by atoms with Crippen molar-refractivity contribution in [2.45, 2.75) is 25.3 Å². The van der Waals surface area contributed by atoms with Gasteiger partial charge in [-0.3, -0.25) is 14.5 Å². The van der Waals surface area contributed by atoms with Gasteiger partial charge in [-0.2, -0.15) is 5.10 Å². The summed E-state index contributed by atoms with van der Waals surface area (Å²) in [5.74, 6) is -0.280. The Bertz CT molecular complexity index is 594. The Balaban J connectivity index is 1.58. The Labute approximate surface area is 135 Å². The zero-order chi connectivity index (χ0) is 16.2. The van der Waals surface area contributed by atoms with E-state index in [9.17, 15) is 9.59 Å². The molecular weight excluding hydrogens is 292 g/mol. The molecule has 6 nitrogen and oxygen atoms in total. The van der Waals surface area contributed by atoms with Gasteiger partial charge in [0.05, 0.1) is 12.6 Å². The summed E-state index contributed by atoms with van der Waals surface area (Å²) in [5.41, 5.74) is 6.45. The fourth-order valence-electron chi connectivity index (χ4n) is 3.25. The topological polar surface area (TPSA) is 79.0 Å². The van der Waals surface area contributed by atoms with Crippen molar-refractivity contribution in [1.29, 1.82) is 0 Å². The lowest BCUT2D eigenvalue weighted by atomic mass is 9.96. The fourth-order valence-corrected chi connectivity index (χ4v) is 3.25. The number of hydrogen-bond donors (Lipinski definition) is 1. The second-order valence-electron chi connectivity index (χ2n) is 6.15. The van der Waals surface area contributed by atoms with Crippen molar-refractivity contribution in [3.05, 3.63) is 35.9 Å². The van der Waals surface area contributed by atoms with Crippen molar-refractivity contribution in [2.24, 2.45) is 16.8 Å². The summed E-state index contributed by atoms with van der Waals surface area (Å²) in [4.78, 5) is 25.9. The number of benzene rings is 1. The van der Waals surface area contributed by atoms with Crippen LogP contribution in [0.3, 0.4) is 0 Å². The van der Waals surface area contributed by atoms with Crippen LogP contribution in [0.25, 0.3) is 0 Å². The molecule has 23 heavy (non-hydrogen) atoms. The van der Waals surface area contributed by atoms with E-state index in [-0.39, 0.29) is 23.8 Å². The maximum Gasteiger partial charge on any atom is 0.257 e. The Hall–Kier alpha value is -2.21. The van der Waals surface area contributed by atoms with Crippen LogP contribution < -0.4 is 5.73 Å². The van der Waals surface area contributed by atoms with E-state index < -0.39 is 0 Å². The Morgan fingerprint density at radius 3 is 2.52 bits per heavy atom. The average molecular weight is 314 g/mol. The highest BCUT2D eigenvalue weighted by atomic mass is 16.2. The third-order valence-electron chi connectivity index (χ3n) is 4.62. The molecule has 2 amide bonds. The number of carbonyl (C=O) groups excluding carboxylic acids is 2. The average Bonchev–Trinajstić information content (AvgIpc) is 3.06. The molecule has 2 heterocycles. The van der Waals surface area contributed by atoms with E-state index in [1.54, 1.807) is 11.2 Å². The van der Waals surface area contributed by atoms with Gasteiger partial charge in [0.1, 0.15) is 0 Å². The molecule has 1 fully saturated rings. The summed E-state index contributed by atoms with van der Waals surface area (Å²) in [6.07, 6.45) is 4.01. The summed E-state index contributed by atoms with van der Waals surface area (Å²) < 4.78 is 0. The standard InChI is InChI=1S/C17H22N4O2/c18-17(23)14-7-10-20(11-8-14)12-16(22)21-15(6-9-19-21)13-4-2-1-3-5-13/h1-5,9,14-15H,6-8,10-12H2,(H2,18,23)/t15-/m0/s1. The van der Waals surface area contributed by atoms with Crippen LogP contribution in [0.2, 0.25) is 0 Å². The number of hydrazone groups is 1. The van der Waals surface area contributed by atoms with E-state index in [0.717, 1.165) is 37.9 Å². The minimum Gasteiger partial charge on any atom is -0.369 e. The third-order valence-corrected chi connectivity index (χ3v) is 4.62. The highest BCUT2D eigenvalue weighted by Gasteiger charge is 2.30. The zero-order valence-corrected chi connectivity index (χ0v) is 13.1. The van der Waals surface area contributed by atoms with E-state index in [1.807, 2.05) is 30.3 Å². The molecule has 0 unspecified atom stereocenters. The number of likely N-dealkylation sites (tertiary alicyclic amines) is 1. The van der Waals surface area contributed by atoms with Gasteiger partial charge >= 0.3 is 0 Å². The second kappa shape index (κ2) is 6.91. The quantitative estimate of drug-likeness (QED) is 0.905. The van der Waals surface area contributed by atoms with Gasteiger partial charge in [-0.25, -0.2) is 5.01 Å². The first-order valence-electron chi connectivity index (χ1n) is 8.06. The number of carbonyl (C=O) groups is 2. The van der Waals surface area contributed by atoms with Gasteiger partial charge in [0.15, 0.2) is 0 Å². The predicted molar refractivity (Wildman–Crippen MR) is 87.5 cm³/mol. The van der Waals surface area contributed by atoms with Crippen LogP contribution in [0, 0.1) is 5.92 Å². The molecule has 0 radical (unpaired) electrons. The molecule has 2 N–H and O–H groups in total. The monoisotopic (exact) mass is 314 g/mol. The lowest BCUT2D eigenvalue weighted by Gasteiger charge is -2.31. The van der Waals surface area contributed by atoms with Gasteiger partial charge in [0, 0.05) is 18.6 Å². The van der Waals surface area contributed by atoms with Gasteiger partial charge in [-0.15, -0.1) is 0 Å². The number of nitrogens with two attached hydrogens (primary N) is 1. The molecule has 1 aromatic rings. The molecular formula is C17H22N4O2. The number of amides is 2. The first-order valence-corrected chi connectivity index (χ1v) is 8.06. The molecule has 2 aliphatic heterocycles. The minimum absolute atomic E-state index is 0.00475. The minimum atomic E-state index is -0.232. The molecule has 6 heteroatoms. The molecule has 0 bridgehead atoms. The molecule has 1 aromatic carbocycles. The van der Waals surface area contributed by atoms with Gasteiger partial charge < -0.3 is 5.73 Å². The molecule has 1 atom stereocenters. The molecule has 0 aromatic heterocycles. The fraction of sp³-hybridized carbons (Fsp3) is 0.471. The maximum absolute atomic E-state index is 12.6. The predicted octanol–water partition coefficient (Wildman–Crippen LogP) is 1.14. The summed E-state index contributed by atoms with van der Waals surface area (Å²) >= 11 is 0. The Morgan fingerprint density at radius 2 is 1.87 bits per heavy atom. The molecule has 3 rings (SSSR count). The molecule has 122 valence electrons. The summed E-state index contributed by atoms with van der Waals surface area (Å²) in [6, 6.07) is 9.96. The molecule has 2 aliphatic rings. The Kier molecular flexibility index (Phi) is 4.71. The Morgan fingerprint density at radius 1 is 1.17 bits per heavy atom. The number of rotatable bonds is 4. The van der Waals surface area contributed by atoms with Crippen LogP contribution in [0.5, 0.6) is 0 Å². The van der Waals surface area contributed by atoms with Gasteiger partial charge in [0.25, 0.3) is 5.91 Å². The van der Waals surface area contributed by atoms with E-state index >= 15 is 0 Å². The largest absolute Gasteiger partial charge is 0.369 e. The van der Waals surface area contributed by atoms with Crippen molar-refractivity contribution >= 4 is 18.0 Å². The van der Waals surface area contributed by atoms with E-state index in [4.69, 9.17) is 5.73 Å². The molecule has 0 aliphatic carbocycles. The van der Waals surface area contributed by atoms with Gasteiger partial charge in [-0.05, 0) is 31.5 Å². The van der Waals surface area contributed by atoms with Crippen molar-refractivity contribution in [1.82, 2.24) is 9.91 Å². The zero-order valence-electron chi connectivity index (χ0n) is 13.1. The summed E-state index contributed by atoms with van der Waals surface area (Å²) in [6.45, 7) is 1.80. The maximum atomic E-state index is 12.6. The van der Waals surface area contributed by atoms with Crippen LogP contribution in [0.1, 0.15) is 30.9 Å². The second-order valence-corrected chi connectivity index (χ2v) is 6.15. The number of piperidine rings is 1. The van der Waals surface area contributed by atoms with Crippen molar-refractivity contribution < 1.29 is 9.59 Å². The third kappa shape index (κ3) is 3.59. The molecule has 1 saturated heterocycles. The lowest BCUT2D eigenvalue weighted by molar-refractivity contribution is -0.134. The van der Waals surface area contributed by atoms with Crippen LogP contribution in [0.4, 0.5) is 0 Å². The van der Waals surface area contributed by atoms with E-state index in [0.29, 0.717) is 6.54 Å².